The van der Waals surface area contributed by atoms with Gasteiger partial charge in [-0.2, -0.15) is 0 Å². The van der Waals surface area contributed by atoms with E-state index in [2.05, 4.69) is 6.92 Å². The Hall–Kier alpha value is -0.530. The summed E-state index contributed by atoms with van der Waals surface area (Å²) in [6.07, 6.45) is 3.18. The summed E-state index contributed by atoms with van der Waals surface area (Å²) in [7, 11) is 0. The van der Waals surface area contributed by atoms with Gasteiger partial charge in [-0.1, -0.05) is 20.3 Å². The average molecular weight is 141 g/mol. The topological polar surface area (TPSA) is 43.1 Å². The van der Waals surface area contributed by atoms with Crippen molar-refractivity contribution in [3.63, 3.8) is 0 Å². The Morgan fingerprint density at radius 1 is 1.70 bits per heavy atom. The minimum Gasteiger partial charge on any atom is -0.369 e. The molecule has 1 amide bonds. The highest BCUT2D eigenvalue weighted by Crippen LogP contribution is 2.46. The van der Waals surface area contributed by atoms with E-state index in [0.29, 0.717) is 0 Å². The average Bonchev–Trinajstić information content (AvgIpc) is 1.80. The summed E-state index contributed by atoms with van der Waals surface area (Å²) in [4.78, 5) is 10.8. The molecule has 0 bridgehead atoms. The molecular weight excluding hydrogens is 126 g/mol. The van der Waals surface area contributed by atoms with Gasteiger partial charge < -0.3 is 5.73 Å². The number of rotatable bonds is 2. The van der Waals surface area contributed by atoms with E-state index in [0.717, 1.165) is 18.8 Å². The highest BCUT2D eigenvalue weighted by molar-refractivity contribution is 5.81. The van der Waals surface area contributed by atoms with Crippen molar-refractivity contribution >= 4 is 5.91 Å². The lowest BCUT2D eigenvalue weighted by atomic mass is 9.62. The molecule has 10 heavy (non-hydrogen) atoms. The van der Waals surface area contributed by atoms with Crippen LogP contribution in [0, 0.1) is 11.3 Å². The predicted octanol–water partition coefficient (Wildman–Crippen LogP) is 1.30. The Morgan fingerprint density at radius 3 is 2.50 bits per heavy atom. The first-order valence-electron chi connectivity index (χ1n) is 3.88. The van der Waals surface area contributed by atoms with Crippen molar-refractivity contribution in [2.24, 2.45) is 17.1 Å². The maximum Gasteiger partial charge on any atom is 0.223 e. The van der Waals surface area contributed by atoms with Crippen LogP contribution in [0.2, 0.25) is 0 Å². The number of primary amides is 1. The number of nitrogens with two attached hydrogens (primary N) is 1. The van der Waals surface area contributed by atoms with Gasteiger partial charge in [0.05, 0.1) is 0 Å². The second kappa shape index (κ2) is 2.26. The lowest BCUT2D eigenvalue weighted by Gasteiger charge is -2.42. The molecule has 2 N–H and O–H groups in total. The molecule has 58 valence electrons. The third-order valence-electron chi connectivity index (χ3n) is 2.65. The van der Waals surface area contributed by atoms with Gasteiger partial charge in [0.1, 0.15) is 0 Å². The van der Waals surface area contributed by atoms with Crippen molar-refractivity contribution in [2.75, 3.05) is 0 Å². The van der Waals surface area contributed by atoms with Crippen molar-refractivity contribution < 1.29 is 4.79 Å². The van der Waals surface area contributed by atoms with Crippen molar-refractivity contribution in [2.45, 2.75) is 33.1 Å². The summed E-state index contributed by atoms with van der Waals surface area (Å²) in [5.41, 5.74) is 5.04. The molecule has 0 aromatic carbocycles. The Balaban J connectivity index is 2.42. The highest BCUT2D eigenvalue weighted by Gasteiger charge is 2.43. The van der Waals surface area contributed by atoms with Crippen LogP contribution in [-0.4, -0.2) is 5.91 Å². The first-order chi connectivity index (χ1) is 4.58. The van der Waals surface area contributed by atoms with Gasteiger partial charge in [-0.3, -0.25) is 4.79 Å². The standard InChI is InChI=1S/C8H15NO/c1-3-6-4-8(2,5-6)7(9)10/h6H,3-5H2,1-2H3,(H2,9,10). The van der Waals surface area contributed by atoms with Gasteiger partial charge in [-0.05, 0) is 18.8 Å². The fourth-order valence-electron chi connectivity index (χ4n) is 1.70. The monoisotopic (exact) mass is 141 g/mol. The molecule has 1 saturated carbocycles. The Labute approximate surface area is 61.8 Å². The fraction of sp³-hybridized carbons (Fsp3) is 0.875. The molecule has 1 rings (SSSR count). The second-order valence-electron chi connectivity index (χ2n) is 3.61. The summed E-state index contributed by atoms with van der Waals surface area (Å²) in [5, 5.41) is 0. The van der Waals surface area contributed by atoms with Crippen molar-refractivity contribution in [1.29, 1.82) is 0 Å². The Morgan fingerprint density at radius 2 is 2.20 bits per heavy atom. The van der Waals surface area contributed by atoms with Gasteiger partial charge in [-0.15, -0.1) is 0 Å². The molecule has 0 saturated heterocycles. The smallest absolute Gasteiger partial charge is 0.223 e. The molecule has 0 atom stereocenters. The lowest BCUT2D eigenvalue weighted by Crippen LogP contribution is -2.45. The van der Waals surface area contributed by atoms with Crippen molar-refractivity contribution in [1.82, 2.24) is 0 Å². The van der Waals surface area contributed by atoms with E-state index >= 15 is 0 Å². The van der Waals surface area contributed by atoms with E-state index in [-0.39, 0.29) is 11.3 Å². The summed E-state index contributed by atoms with van der Waals surface area (Å²) < 4.78 is 0. The highest BCUT2D eigenvalue weighted by atomic mass is 16.1. The zero-order chi connectivity index (χ0) is 7.78. The maximum atomic E-state index is 10.8. The van der Waals surface area contributed by atoms with Crippen LogP contribution in [0.5, 0.6) is 0 Å². The minimum atomic E-state index is -0.166. The number of amides is 1. The van der Waals surface area contributed by atoms with E-state index in [1.54, 1.807) is 0 Å². The SMILES string of the molecule is CCC1CC(C)(C(N)=O)C1. The molecule has 0 heterocycles. The van der Waals surface area contributed by atoms with Crippen molar-refractivity contribution in [3.05, 3.63) is 0 Å². The quantitative estimate of drug-likeness (QED) is 0.618. The molecule has 0 spiro atoms. The number of carbonyl (C=O) groups is 1. The minimum absolute atomic E-state index is 0.128. The second-order valence-corrected chi connectivity index (χ2v) is 3.61. The van der Waals surface area contributed by atoms with Crippen LogP contribution in [0.1, 0.15) is 33.1 Å². The van der Waals surface area contributed by atoms with E-state index in [1.807, 2.05) is 6.92 Å². The largest absolute Gasteiger partial charge is 0.369 e. The van der Waals surface area contributed by atoms with Crippen LogP contribution < -0.4 is 5.73 Å². The lowest BCUT2D eigenvalue weighted by molar-refractivity contribution is -0.134. The Bertz CT molecular complexity index is 147. The molecule has 0 radical (unpaired) electrons. The summed E-state index contributed by atoms with van der Waals surface area (Å²) >= 11 is 0. The van der Waals surface area contributed by atoms with E-state index < -0.39 is 0 Å². The number of hydrogen-bond acceptors (Lipinski definition) is 1. The van der Waals surface area contributed by atoms with Gasteiger partial charge >= 0.3 is 0 Å². The third-order valence-corrected chi connectivity index (χ3v) is 2.65. The molecule has 0 unspecified atom stereocenters. The molecule has 1 aliphatic rings. The zero-order valence-corrected chi connectivity index (χ0v) is 6.68. The first-order valence-corrected chi connectivity index (χ1v) is 3.88. The third kappa shape index (κ3) is 1.02. The van der Waals surface area contributed by atoms with E-state index in [9.17, 15) is 4.79 Å². The zero-order valence-electron chi connectivity index (χ0n) is 6.68. The van der Waals surface area contributed by atoms with Crippen LogP contribution in [0.4, 0.5) is 0 Å². The van der Waals surface area contributed by atoms with Gasteiger partial charge in [0.15, 0.2) is 0 Å². The predicted molar refractivity (Wildman–Crippen MR) is 40.3 cm³/mol. The normalized spacial score (nSPS) is 38.8. The van der Waals surface area contributed by atoms with Gasteiger partial charge in [0.25, 0.3) is 0 Å². The van der Waals surface area contributed by atoms with Gasteiger partial charge in [0, 0.05) is 5.41 Å². The Kier molecular flexibility index (Phi) is 1.71. The number of hydrogen-bond donors (Lipinski definition) is 1. The van der Waals surface area contributed by atoms with Crippen LogP contribution in [0.15, 0.2) is 0 Å². The van der Waals surface area contributed by atoms with Crippen LogP contribution >= 0.6 is 0 Å². The van der Waals surface area contributed by atoms with Crippen molar-refractivity contribution in [3.8, 4) is 0 Å². The molecule has 1 aliphatic carbocycles. The summed E-state index contributed by atoms with van der Waals surface area (Å²) in [6, 6.07) is 0. The molecule has 1 fully saturated rings. The van der Waals surface area contributed by atoms with E-state index in [1.165, 1.54) is 6.42 Å². The van der Waals surface area contributed by atoms with Gasteiger partial charge in [-0.25, -0.2) is 0 Å². The van der Waals surface area contributed by atoms with Crippen LogP contribution in [-0.2, 0) is 4.79 Å². The maximum absolute atomic E-state index is 10.8. The van der Waals surface area contributed by atoms with Crippen LogP contribution in [0.25, 0.3) is 0 Å². The molecule has 0 aliphatic heterocycles. The molecule has 0 aromatic heterocycles. The molecule has 0 aromatic rings. The fourth-order valence-corrected chi connectivity index (χ4v) is 1.70. The number of carbonyl (C=O) groups excluding carboxylic acids is 1. The van der Waals surface area contributed by atoms with Crippen LogP contribution in [0.3, 0.4) is 0 Å². The van der Waals surface area contributed by atoms with E-state index in [4.69, 9.17) is 5.73 Å². The summed E-state index contributed by atoms with van der Waals surface area (Å²) in [6.45, 7) is 4.12. The first kappa shape index (κ1) is 7.58. The molecular formula is C8H15NO. The molecule has 2 heteroatoms. The summed E-state index contributed by atoms with van der Waals surface area (Å²) in [5.74, 6) is 0.620. The molecule has 2 nitrogen and oxygen atoms in total. The van der Waals surface area contributed by atoms with Gasteiger partial charge in [0.2, 0.25) is 5.91 Å².